The zero-order valence-electron chi connectivity index (χ0n) is 4.25. The van der Waals surface area contributed by atoms with Crippen molar-refractivity contribution in [3.05, 3.63) is 9.47 Å². The molecular formula is C5H8Br2. The summed E-state index contributed by atoms with van der Waals surface area (Å²) in [6.45, 7) is 2.15. The number of allylic oxidation sites excluding steroid dienone is 1. The van der Waals surface area contributed by atoms with Gasteiger partial charge in [-0.15, -0.1) is 0 Å². The molecule has 0 fully saturated rings. The smallest absolute Gasteiger partial charge is 0.0564 e. The van der Waals surface area contributed by atoms with Gasteiger partial charge >= 0.3 is 0 Å². The largest absolute Gasteiger partial charge is 0.0651 e. The summed E-state index contributed by atoms with van der Waals surface area (Å²) in [6, 6.07) is 0. The molecule has 0 unspecified atom stereocenters. The predicted molar refractivity (Wildman–Crippen MR) is 40.8 cm³/mol. The van der Waals surface area contributed by atoms with Crippen LogP contribution in [-0.4, -0.2) is 0 Å². The van der Waals surface area contributed by atoms with E-state index in [1.807, 2.05) is 0 Å². The topological polar surface area (TPSA) is 0 Å². The van der Waals surface area contributed by atoms with Crippen molar-refractivity contribution in [3.8, 4) is 0 Å². The monoisotopic (exact) mass is 226 g/mol. The molecule has 0 bridgehead atoms. The molecule has 0 saturated heterocycles. The number of rotatable bonds is 2. The fourth-order valence-electron chi connectivity index (χ4n) is 0.253. The van der Waals surface area contributed by atoms with Crippen molar-refractivity contribution in [1.82, 2.24) is 0 Å². The molecule has 0 aliphatic rings. The molecule has 0 aliphatic heterocycles. The summed E-state index contributed by atoms with van der Waals surface area (Å²) in [5.41, 5.74) is 0. The summed E-state index contributed by atoms with van der Waals surface area (Å²) in [6.07, 6.45) is 4.45. The molecular weight excluding hydrogens is 220 g/mol. The Morgan fingerprint density at radius 3 is 2.29 bits per heavy atom. The highest BCUT2D eigenvalue weighted by molar-refractivity contribution is 9.28. The molecule has 0 atom stereocenters. The van der Waals surface area contributed by atoms with Gasteiger partial charge in [-0.25, -0.2) is 0 Å². The molecule has 0 aromatic rings. The molecule has 0 aliphatic carbocycles. The minimum absolute atomic E-state index is 1.06. The quantitative estimate of drug-likeness (QED) is 0.679. The lowest BCUT2D eigenvalue weighted by molar-refractivity contribution is 0.960. The van der Waals surface area contributed by atoms with Crippen LogP contribution >= 0.6 is 31.9 Å². The molecule has 0 rings (SSSR count). The second kappa shape index (κ2) is 4.85. The van der Waals surface area contributed by atoms with Gasteiger partial charge in [-0.1, -0.05) is 19.4 Å². The average Bonchev–Trinajstić information content (AvgIpc) is 1.61. The maximum absolute atomic E-state index is 3.25. The molecule has 0 N–H and O–H groups in total. The third-order valence-corrected chi connectivity index (χ3v) is 1.23. The first kappa shape index (κ1) is 7.70. The molecule has 0 amide bonds. The maximum Gasteiger partial charge on any atom is 0.0564 e. The summed E-state index contributed by atoms with van der Waals surface area (Å²) in [5.74, 6) is 0. The standard InChI is InChI=1S/C5H8Br2/c1-2-3-4-5(6)7/h4H,2-3H2,1H3. The minimum Gasteiger partial charge on any atom is -0.0651 e. The molecule has 0 spiro atoms. The number of hydrogen-bond acceptors (Lipinski definition) is 0. The zero-order valence-corrected chi connectivity index (χ0v) is 7.42. The Kier molecular flexibility index (Phi) is 5.33. The Morgan fingerprint density at radius 2 is 2.14 bits per heavy atom. The summed E-state index contributed by atoms with van der Waals surface area (Å²) >= 11 is 6.51. The summed E-state index contributed by atoms with van der Waals surface area (Å²) < 4.78 is 1.06. The van der Waals surface area contributed by atoms with Crippen LogP contribution in [0.15, 0.2) is 9.47 Å². The summed E-state index contributed by atoms with van der Waals surface area (Å²) in [4.78, 5) is 0. The lowest BCUT2D eigenvalue weighted by atomic mass is 10.3. The van der Waals surface area contributed by atoms with Crippen LogP contribution in [0.4, 0.5) is 0 Å². The Bertz CT molecular complexity index is 62.5. The zero-order chi connectivity index (χ0) is 5.70. The third-order valence-electron chi connectivity index (χ3n) is 0.587. The predicted octanol–water partition coefficient (Wildman–Crippen LogP) is 3.42. The fourth-order valence-corrected chi connectivity index (χ4v) is 0.711. The van der Waals surface area contributed by atoms with Gasteiger partial charge in [0.1, 0.15) is 0 Å². The Labute approximate surface area is 61.2 Å². The third kappa shape index (κ3) is 6.70. The van der Waals surface area contributed by atoms with E-state index in [0.717, 1.165) is 9.81 Å². The van der Waals surface area contributed by atoms with Crippen LogP contribution in [-0.2, 0) is 0 Å². The number of unbranched alkanes of at least 4 members (excludes halogenated alkanes) is 1. The van der Waals surface area contributed by atoms with E-state index in [4.69, 9.17) is 0 Å². The van der Waals surface area contributed by atoms with E-state index in [2.05, 4.69) is 44.9 Å². The van der Waals surface area contributed by atoms with Crippen molar-refractivity contribution in [3.63, 3.8) is 0 Å². The highest BCUT2D eigenvalue weighted by Crippen LogP contribution is 2.13. The van der Waals surface area contributed by atoms with Gasteiger partial charge in [0.05, 0.1) is 3.39 Å². The lowest BCUT2D eigenvalue weighted by Gasteiger charge is -1.81. The van der Waals surface area contributed by atoms with E-state index < -0.39 is 0 Å². The maximum atomic E-state index is 3.25. The highest BCUT2D eigenvalue weighted by Gasteiger charge is 1.77. The molecule has 0 saturated carbocycles. The SMILES string of the molecule is CCCC=C(Br)Br. The average molecular weight is 228 g/mol. The van der Waals surface area contributed by atoms with Gasteiger partial charge in [-0.05, 0) is 38.3 Å². The first-order valence-electron chi connectivity index (χ1n) is 2.28. The summed E-state index contributed by atoms with van der Waals surface area (Å²) in [7, 11) is 0. The van der Waals surface area contributed by atoms with Gasteiger partial charge in [0.25, 0.3) is 0 Å². The molecule has 0 radical (unpaired) electrons. The highest BCUT2D eigenvalue weighted by atomic mass is 79.9. The fraction of sp³-hybridized carbons (Fsp3) is 0.600. The Balaban J connectivity index is 3.08. The van der Waals surface area contributed by atoms with Crippen LogP contribution in [0.3, 0.4) is 0 Å². The van der Waals surface area contributed by atoms with Crippen molar-refractivity contribution < 1.29 is 0 Å². The van der Waals surface area contributed by atoms with E-state index in [-0.39, 0.29) is 0 Å². The van der Waals surface area contributed by atoms with Crippen LogP contribution < -0.4 is 0 Å². The Hall–Kier alpha value is 0.700. The second-order valence-corrected chi connectivity index (χ2v) is 4.06. The first-order chi connectivity index (χ1) is 3.27. The van der Waals surface area contributed by atoms with Crippen molar-refractivity contribution in [2.75, 3.05) is 0 Å². The molecule has 0 nitrogen and oxygen atoms in total. The van der Waals surface area contributed by atoms with Crippen molar-refractivity contribution >= 4 is 31.9 Å². The van der Waals surface area contributed by atoms with Crippen LogP contribution in [0.1, 0.15) is 19.8 Å². The normalized spacial score (nSPS) is 8.43. The summed E-state index contributed by atoms with van der Waals surface area (Å²) in [5, 5.41) is 0. The molecule has 0 aromatic heterocycles. The molecule has 42 valence electrons. The molecule has 0 heterocycles. The van der Waals surface area contributed by atoms with Gasteiger partial charge in [0.15, 0.2) is 0 Å². The van der Waals surface area contributed by atoms with Crippen LogP contribution in [0.2, 0.25) is 0 Å². The molecule has 7 heavy (non-hydrogen) atoms. The molecule has 2 heteroatoms. The second-order valence-electron chi connectivity index (χ2n) is 1.28. The van der Waals surface area contributed by atoms with Gasteiger partial charge in [0, 0.05) is 0 Å². The number of halogens is 2. The van der Waals surface area contributed by atoms with Crippen LogP contribution in [0.25, 0.3) is 0 Å². The van der Waals surface area contributed by atoms with Crippen LogP contribution in [0.5, 0.6) is 0 Å². The van der Waals surface area contributed by atoms with E-state index >= 15 is 0 Å². The first-order valence-corrected chi connectivity index (χ1v) is 3.87. The van der Waals surface area contributed by atoms with E-state index in [1.54, 1.807) is 0 Å². The van der Waals surface area contributed by atoms with E-state index in [0.29, 0.717) is 0 Å². The lowest BCUT2D eigenvalue weighted by Crippen LogP contribution is -1.58. The van der Waals surface area contributed by atoms with Gasteiger partial charge in [0.2, 0.25) is 0 Å². The number of hydrogen-bond donors (Lipinski definition) is 0. The van der Waals surface area contributed by atoms with E-state index in [9.17, 15) is 0 Å². The van der Waals surface area contributed by atoms with Crippen LogP contribution in [0, 0.1) is 0 Å². The van der Waals surface area contributed by atoms with Gasteiger partial charge in [-0.3, -0.25) is 0 Å². The van der Waals surface area contributed by atoms with E-state index in [1.165, 1.54) is 6.42 Å². The van der Waals surface area contributed by atoms with Crippen molar-refractivity contribution in [2.45, 2.75) is 19.8 Å². The molecule has 0 aromatic carbocycles. The van der Waals surface area contributed by atoms with Crippen molar-refractivity contribution in [2.24, 2.45) is 0 Å². The van der Waals surface area contributed by atoms with Gasteiger partial charge in [-0.2, -0.15) is 0 Å². The minimum atomic E-state index is 1.06. The van der Waals surface area contributed by atoms with Gasteiger partial charge < -0.3 is 0 Å². The Morgan fingerprint density at radius 1 is 1.57 bits per heavy atom. The van der Waals surface area contributed by atoms with Crippen molar-refractivity contribution in [1.29, 1.82) is 0 Å².